The molecule has 1 aromatic heterocycles. The van der Waals surface area contributed by atoms with Crippen LogP contribution in [0.1, 0.15) is 5.56 Å². The lowest BCUT2D eigenvalue weighted by molar-refractivity contribution is 0.204. The molecule has 0 bridgehead atoms. The summed E-state index contributed by atoms with van der Waals surface area (Å²) in [7, 11) is 1.66. The number of hydrogen-bond acceptors (Lipinski definition) is 3. The van der Waals surface area contributed by atoms with E-state index >= 15 is 0 Å². The van der Waals surface area contributed by atoms with Crippen LogP contribution in [0.3, 0.4) is 0 Å². The van der Waals surface area contributed by atoms with E-state index in [2.05, 4.69) is 58.2 Å². The van der Waals surface area contributed by atoms with Crippen molar-refractivity contribution in [1.29, 1.82) is 0 Å². The second-order valence-corrected chi connectivity index (χ2v) is 5.85. The van der Waals surface area contributed by atoms with Crippen LogP contribution in [0.5, 0.6) is 0 Å². The first-order valence-electron chi connectivity index (χ1n) is 7.79. The molecule has 0 aliphatic heterocycles. The molecule has 3 rings (SSSR count). The Bertz CT molecular complexity index is 825. The van der Waals surface area contributed by atoms with Crippen molar-refractivity contribution >= 4 is 33.8 Å². The molecule has 24 heavy (non-hydrogen) atoms. The fourth-order valence-electron chi connectivity index (χ4n) is 2.56. The van der Waals surface area contributed by atoms with E-state index in [0.29, 0.717) is 24.8 Å². The van der Waals surface area contributed by atoms with Crippen LogP contribution in [-0.2, 0) is 11.3 Å². The normalized spacial score (nSPS) is 10.7. The Kier molecular flexibility index (Phi) is 5.40. The van der Waals surface area contributed by atoms with Gasteiger partial charge in [-0.3, -0.25) is 4.68 Å². The smallest absolute Gasteiger partial charge is 0.170 e. The van der Waals surface area contributed by atoms with E-state index in [0.717, 1.165) is 5.69 Å². The summed E-state index contributed by atoms with van der Waals surface area (Å²) in [5.41, 5.74) is 2.11. The number of thiocarbonyl (C=S) groups is 1. The van der Waals surface area contributed by atoms with Crippen LogP contribution in [0, 0.1) is 0 Å². The molecule has 0 spiro atoms. The largest absolute Gasteiger partial charge is 0.383 e. The summed E-state index contributed by atoms with van der Waals surface area (Å²) in [6.07, 6.45) is 3.72. The van der Waals surface area contributed by atoms with E-state index in [9.17, 15) is 0 Å². The monoisotopic (exact) mass is 340 g/mol. The second kappa shape index (κ2) is 7.90. The van der Waals surface area contributed by atoms with E-state index in [-0.39, 0.29) is 0 Å². The molecule has 6 heteroatoms. The molecule has 0 radical (unpaired) electrons. The van der Waals surface area contributed by atoms with Crippen LogP contribution in [-0.4, -0.2) is 35.2 Å². The van der Waals surface area contributed by atoms with Crippen molar-refractivity contribution in [3.05, 3.63) is 60.4 Å². The molecule has 5 nitrogen and oxygen atoms in total. The third-order valence-corrected chi connectivity index (χ3v) is 3.94. The Morgan fingerprint density at radius 2 is 2.04 bits per heavy atom. The highest BCUT2D eigenvalue weighted by atomic mass is 32.1. The lowest BCUT2D eigenvalue weighted by Crippen LogP contribution is -2.30. The van der Waals surface area contributed by atoms with Crippen LogP contribution in [0.25, 0.3) is 10.8 Å². The molecule has 2 aromatic carbocycles. The number of anilines is 1. The lowest BCUT2D eigenvalue weighted by atomic mass is 10.0. The predicted octanol–water partition coefficient (Wildman–Crippen LogP) is 3.02. The van der Waals surface area contributed by atoms with Crippen LogP contribution in [0.4, 0.5) is 5.69 Å². The van der Waals surface area contributed by atoms with Crippen molar-refractivity contribution in [1.82, 2.24) is 15.1 Å². The first kappa shape index (κ1) is 16.4. The maximum atomic E-state index is 5.24. The molecule has 124 valence electrons. The zero-order chi connectivity index (χ0) is 16.8. The van der Waals surface area contributed by atoms with Crippen LogP contribution < -0.4 is 10.6 Å². The molecular formula is C18H20N4OS. The van der Waals surface area contributed by atoms with Gasteiger partial charge in [0.2, 0.25) is 0 Å². The van der Waals surface area contributed by atoms with Gasteiger partial charge in [-0.1, -0.05) is 42.5 Å². The number of benzene rings is 2. The van der Waals surface area contributed by atoms with Crippen molar-refractivity contribution < 1.29 is 4.74 Å². The third-order valence-electron chi connectivity index (χ3n) is 3.70. The van der Waals surface area contributed by atoms with Gasteiger partial charge in [-0.25, -0.2) is 0 Å². The summed E-state index contributed by atoms with van der Waals surface area (Å²) >= 11 is 5.24. The summed E-state index contributed by atoms with van der Waals surface area (Å²) in [6, 6.07) is 14.7. The standard InChI is InChI=1S/C18H20N4OS/c1-23-10-9-19-18(24)21-16-11-20-22(13-16)12-15-7-4-6-14-5-2-3-8-17(14)15/h2-8,11,13H,9-10,12H2,1H3,(H2,19,21,24). The van der Waals surface area contributed by atoms with Gasteiger partial charge in [0.15, 0.2) is 5.11 Å². The number of rotatable bonds is 6. The van der Waals surface area contributed by atoms with Crippen LogP contribution >= 0.6 is 12.2 Å². The molecule has 1 heterocycles. The van der Waals surface area contributed by atoms with Gasteiger partial charge in [0.05, 0.1) is 25.0 Å². The zero-order valence-corrected chi connectivity index (χ0v) is 14.3. The Morgan fingerprint density at radius 1 is 1.21 bits per heavy atom. The van der Waals surface area contributed by atoms with Crippen molar-refractivity contribution in [3.63, 3.8) is 0 Å². The zero-order valence-electron chi connectivity index (χ0n) is 13.5. The molecular weight excluding hydrogens is 320 g/mol. The highest BCUT2D eigenvalue weighted by molar-refractivity contribution is 7.80. The minimum absolute atomic E-state index is 0.566. The van der Waals surface area contributed by atoms with Gasteiger partial charge in [0.25, 0.3) is 0 Å². The number of aromatic nitrogens is 2. The molecule has 0 aliphatic rings. The second-order valence-electron chi connectivity index (χ2n) is 5.44. The van der Waals surface area contributed by atoms with Crippen molar-refractivity contribution in [3.8, 4) is 0 Å². The average Bonchev–Trinajstić information content (AvgIpc) is 3.02. The average molecular weight is 340 g/mol. The van der Waals surface area contributed by atoms with Gasteiger partial charge >= 0.3 is 0 Å². The fraction of sp³-hybridized carbons (Fsp3) is 0.222. The topological polar surface area (TPSA) is 51.1 Å². The minimum atomic E-state index is 0.566. The SMILES string of the molecule is COCCNC(=S)Nc1cnn(Cc2cccc3ccccc23)c1. The van der Waals surface area contributed by atoms with Crippen molar-refractivity contribution in [2.24, 2.45) is 0 Å². The minimum Gasteiger partial charge on any atom is -0.383 e. The van der Waals surface area contributed by atoms with Gasteiger partial charge < -0.3 is 15.4 Å². The van der Waals surface area contributed by atoms with Gasteiger partial charge in [-0.2, -0.15) is 5.10 Å². The van der Waals surface area contributed by atoms with E-state index in [1.54, 1.807) is 13.3 Å². The van der Waals surface area contributed by atoms with Gasteiger partial charge in [-0.05, 0) is 28.6 Å². The van der Waals surface area contributed by atoms with E-state index in [4.69, 9.17) is 17.0 Å². The maximum absolute atomic E-state index is 5.24. The van der Waals surface area contributed by atoms with Crippen LogP contribution in [0.2, 0.25) is 0 Å². The number of ether oxygens (including phenoxy) is 1. The summed E-state index contributed by atoms with van der Waals surface area (Å²) in [5.74, 6) is 0. The van der Waals surface area contributed by atoms with E-state index in [1.165, 1.54) is 16.3 Å². The summed E-state index contributed by atoms with van der Waals surface area (Å²) in [6.45, 7) is 2.00. The van der Waals surface area contributed by atoms with Gasteiger partial charge in [0.1, 0.15) is 0 Å². The molecule has 3 aromatic rings. The molecule has 0 unspecified atom stereocenters. The lowest BCUT2D eigenvalue weighted by Gasteiger charge is -2.08. The quantitative estimate of drug-likeness (QED) is 0.534. The van der Waals surface area contributed by atoms with Gasteiger partial charge in [0, 0.05) is 19.9 Å². The number of nitrogens with one attached hydrogen (secondary N) is 2. The Labute approximate surface area is 146 Å². The van der Waals surface area contributed by atoms with E-state index in [1.807, 2.05) is 10.9 Å². The summed E-state index contributed by atoms with van der Waals surface area (Å²) in [5, 5.41) is 13.7. The van der Waals surface area contributed by atoms with Crippen LogP contribution in [0.15, 0.2) is 54.9 Å². The third kappa shape index (κ3) is 4.10. The first-order chi connectivity index (χ1) is 11.8. The number of hydrogen-bond donors (Lipinski definition) is 2. The molecule has 0 aliphatic carbocycles. The molecule has 0 fully saturated rings. The Balaban J connectivity index is 1.66. The highest BCUT2D eigenvalue weighted by Crippen LogP contribution is 2.19. The summed E-state index contributed by atoms with van der Waals surface area (Å²) in [4.78, 5) is 0. The number of nitrogens with zero attached hydrogens (tertiary/aromatic N) is 2. The Morgan fingerprint density at radius 3 is 2.92 bits per heavy atom. The predicted molar refractivity (Wildman–Crippen MR) is 101 cm³/mol. The van der Waals surface area contributed by atoms with Crippen molar-refractivity contribution in [2.45, 2.75) is 6.54 Å². The maximum Gasteiger partial charge on any atom is 0.170 e. The summed E-state index contributed by atoms with van der Waals surface area (Å²) < 4.78 is 6.89. The molecule has 0 amide bonds. The molecule has 0 saturated carbocycles. The first-order valence-corrected chi connectivity index (χ1v) is 8.20. The van der Waals surface area contributed by atoms with Crippen molar-refractivity contribution in [2.75, 3.05) is 25.6 Å². The molecule has 0 saturated heterocycles. The van der Waals surface area contributed by atoms with E-state index < -0.39 is 0 Å². The highest BCUT2D eigenvalue weighted by Gasteiger charge is 2.04. The number of fused-ring (bicyclic) bond motifs is 1. The fourth-order valence-corrected chi connectivity index (χ4v) is 2.78. The molecule has 0 atom stereocenters. The van der Waals surface area contributed by atoms with Gasteiger partial charge in [-0.15, -0.1) is 0 Å². The number of methoxy groups -OCH3 is 1. The molecule has 2 N–H and O–H groups in total. The Hall–Kier alpha value is -2.44.